The maximum absolute atomic E-state index is 12.3. The van der Waals surface area contributed by atoms with Crippen molar-refractivity contribution in [1.82, 2.24) is 0 Å². The minimum Gasteiger partial charge on any atom is -0.496 e. The Hall–Kier alpha value is -3.84. The van der Waals surface area contributed by atoms with E-state index >= 15 is 0 Å². The Labute approximate surface area is 186 Å². The highest BCUT2D eigenvalue weighted by atomic mass is 16.5. The summed E-state index contributed by atoms with van der Waals surface area (Å²) in [6.07, 6.45) is 0.423. The zero-order valence-electron chi connectivity index (χ0n) is 17.8. The molecule has 7 nitrogen and oxygen atoms in total. The van der Waals surface area contributed by atoms with Gasteiger partial charge in [0.25, 0.3) is 0 Å². The van der Waals surface area contributed by atoms with Crippen molar-refractivity contribution in [3.05, 3.63) is 77.9 Å². The lowest BCUT2D eigenvalue weighted by atomic mass is 9.99. The van der Waals surface area contributed by atoms with Crippen molar-refractivity contribution < 1.29 is 24.5 Å². The Balaban J connectivity index is 1.61. The van der Waals surface area contributed by atoms with E-state index in [-0.39, 0.29) is 12.5 Å². The van der Waals surface area contributed by atoms with Crippen LogP contribution in [-0.4, -0.2) is 29.3 Å². The van der Waals surface area contributed by atoms with Crippen LogP contribution >= 0.6 is 0 Å². The van der Waals surface area contributed by atoms with Gasteiger partial charge in [-0.3, -0.25) is 10.1 Å². The summed E-state index contributed by atoms with van der Waals surface area (Å²) in [4.78, 5) is 23.6. The SMILES string of the molecule is COc1cc(NC(=O)CCCc2ccc(-c3ccccc3)c(NC(=O)O)c2)ccc1CO. The van der Waals surface area contributed by atoms with Crippen LogP contribution in [0.15, 0.2) is 66.7 Å². The quantitative estimate of drug-likeness (QED) is 0.383. The number of amides is 2. The van der Waals surface area contributed by atoms with Crippen LogP contribution in [0.4, 0.5) is 16.2 Å². The van der Waals surface area contributed by atoms with E-state index in [1.54, 1.807) is 18.2 Å². The van der Waals surface area contributed by atoms with Gasteiger partial charge < -0.3 is 20.3 Å². The molecule has 0 radical (unpaired) electrons. The minimum atomic E-state index is -1.12. The van der Waals surface area contributed by atoms with Crippen molar-refractivity contribution in [2.24, 2.45) is 0 Å². The molecule has 7 heteroatoms. The van der Waals surface area contributed by atoms with Crippen molar-refractivity contribution in [3.63, 3.8) is 0 Å². The van der Waals surface area contributed by atoms with Gasteiger partial charge in [-0.2, -0.15) is 0 Å². The Kier molecular flexibility index (Phi) is 7.83. The van der Waals surface area contributed by atoms with Crippen LogP contribution in [0.2, 0.25) is 0 Å². The molecular formula is C25H26N2O5. The summed E-state index contributed by atoms with van der Waals surface area (Å²) >= 11 is 0. The van der Waals surface area contributed by atoms with Gasteiger partial charge in [0.15, 0.2) is 0 Å². The molecule has 0 atom stereocenters. The molecule has 32 heavy (non-hydrogen) atoms. The van der Waals surface area contributed by atoms with Gasteiger partial charge in [-0.1, -0.05) is 48.5 Å². The predicted molar refractivity (Wildman–Crippen MR) is 124 cm³/mol. The number of carbonyl (C=O) groups excluding carboxylic acids is 1. The van der Waals surface area contributed by atoms with E-state index in [0.29, 0.717) is 42.0 Å². The monoisotopic (exact) mass is 434 g/mol. The molecule has 0 aliphatic carbocycles. The van der Waals surface area contributed by atoms with Gasteiger partial charge in [-0.05, 0) is 36.1 Å². The molecule has 0 bridgehead atoms. The zero-order chi connectivity index (χ0) is 22.9. The second kappa shape index (κ2) is 11.0. The number of methoxy groups -OCH3 is 1. The molecule has 0 aromatic heterocycles. The maximum Gasteiger partial charge on any atom is 0.409 e. The summed E-state index contributed by atoms with van der Waals surface area (Å²) < 4.78 is 5.22. The van der Waals surface area contributed by atoms with Gasteiger partial charge in [0.2, 0.25) is 5.91 Å². The topological polar surface area (TPSA) is 108 Å². The first-order valence-electron chi connectivity index (χ1n) is 10.3. The lowest BCUT2D eigenvalue weighted by Crippen LogP contribution is -2.12. The number of aryl methyl sites for hydroxylation is 1. The summed E-state index contributed by atoms with van der Waals surface area (Å²) in [6, 6.07) is 20.3. The van der Waals surface area contributed by atoms with E-state index in [1.165, 1.54) is 7.11 Å². The molecule has 166 valence electrons. The number of nitrogens with one attached hydrogen (secondary N) is 2. The molecule has 0 aliphatic rings. The lowest BCUT2D eigenvalue weighted by molar-refractivity contribution is -0.116. The fraction of sp³-hybridized carbons (Fsp3) is 0.200. The number of hydrogen-bond donors (Lipinski definition) is 4. The highest BCUT2D eigenvalue weighted by Crippen LogP contribution is 2.29. The largest absolute Gasteiger partial charge is 0.496 e. The highest BCUT2D eigenvalue weighted by Gasteiger charge is 2.10. The summed E-state index contributed by atoms with van der Waals surface area (Å²) in [6.45, 7) is -0.140. The third kappa shape index (κ3) is 6.09. The molecule has 0 aliphatic heterocycles. The van der Waals surface area contributed by atoms with Gasteiger partial charge in [-0.15, -0.1) is 0 Å². The van der Waals surface area contributed by atoms with E-state index in [1.807, 2.05) is 48.5 Å². The average Bonchev–Trinajstić information content (AvgIpc) is 2.79. The first-order valence-corrected chi connectivity index (χ1v) is 10.3. The van der Waals surface area contributed by atoms with Crippen LogP contribution < -0.4 is 15.4 Å². The molecule has 2 amide bonds. The van der Waals surface area contributed by atoms with Crippen molar-refractivity contribution >= 4 is 23.4 Å². The van der Waals surface area contributed by atoms with E-state index in [0.717, 1.165) is 16.7 Å². The van der Waals surface area contributed by atoms with E-state index < -0.39 is 6.09 Å². The molecule has 3 aromatic carbocycles. The number of benzene rings is 3. The molecule has 0 fully saturated rings. The fourth-order valence-corrected chi connectivity index (χ4v) is 3.46. The third-order valence-corrected chi connectivity index (χ3v) is 5.02. The normalized spacial score (nSPS) is 10.4. The van der Waals surface area contributed by atoms with Crippen LogP contribution in [0.3, 0.4) is 0 Å². The molecule has 0 heterocycles. The Morgan fingerprint density at radius 2 is 1.75 bits per heavy atom. The number of aliphatic hydroxyl groups excluding tert-OH is 1. The first kappa shape index (κ1) is 22.8. The maximum atomic E-state index is 12.3. The smallest absolute Gasteiger partial charge is 0.409 e. The van der Waals surface area contributed by atoms with Crippen molar-refractivity contribution in [1.29, 1.82) is 0 Å². The third-order valence-electron chi connectivity index (χ3n) is 5.02. The standard InChI is InChI=1S/C25H26N2O5/c1-32-23-15-20(12-11-19(23)16-28)26-24(29)9-5-6-17-10-13-21(18-7-3-2-4-8-18)22(14-17)27-25(30)31/h2-4,7-8,10-15,27-28H,5-6,9,16H2,1H3,(H,26,29)(H,30,31). The second-order valence-electron chi connectivity index (χ2n) is 7.26. The van der Waals surface area contributed by atoms with E-state index in [9.17, 15) is 19.8 Å². The van der Waals surface area contributed by atoms with Gasteiger partial charge in [0, 0.05) is 29.3 Å². The number of anilines is 2. The van der Waals surface area contributed by atoms with Gasteiger partial charge in [-0.25, -0.2) is 4.79 Å². The van der Waals surface area contributed by atoms with Crippen molar-refractivity contribution in [3.8, 4) is 16.9 Å². The summed E-state index contributed by atoms with van der Waals surface area (Å²) in [5, 5.41) is 23.8. The van der Waals surface area contributed by atoms with Crippen molar-refractivity contribution in [2.75, 3.05) is 17.7 Å². The second-order valence-corrected chi connectivity index (χ2v) is 7.26. The molecule has 0 saturated carbocycles. The summed E-state index contributed by atoms with van der Waals surface area (Å²) in [7, 11) is 1.51. The molecule has 0 spiro atoms. The van der Waals surface area contributed by atoms with Gasteiger partial charge in [0.05, 0.1) is 19.4 Å². The molecule has 0 unspecified atom stereocenters. The van der Waals surface area contributed by atoms with Crippen LogP contribution in [0, 0.1) is 0 Å². The Morgan fingerprint density at radius 1 is 0.969 bits per heavy atom. The van der Waals surface area contributed by atoms with Gasteiger partial charge >= 0.3 is 6.09 Å². The number of hydrogen-bond acceptors (Lipinski definition) is 4. The van der Waals surface area contributed by atoms with E-state index in [2.05, 4.69) is 10.6 Å². The number of ether oxygens (including phenoxy) is 1. The average molecular weight is 434 g/mol. The zero-order valence-corrected chi connectivity index (χ0v) is 17.8. The van der Waals surface area contributed by atoms with Crippen LogP contribution in [0.1, 0.15) is 24.0 Å². The fourth-order valence-electron chi connectivity index (χ4n) is 3.46. The number of aliphatic hydroxyl groups is 1. The van der Waals surface area contributed by atoms with Crippen molar-refractivity contribution in [2.45, 2.75) is 25.9 Å². The van der Waals surface area contributed by atoms with Crippen LogP contribution in [0.5, 0.6) is 5.75 Å². The summed E-state index contributed by atoms with van der Waals surface area (Å²) in [5.74, 6) is 0.385. The summed E-state index contributed by atoms with van der Waals surface area (Å²) in [5.41, 5.74) is 4.43. The lowest BCUT2D eigenvalue weighted by Gasteiger charge is -2.12. The Morgan fingerprint density at radius 3 is 2.44 bits per heavy atom. The number of carboxylic acid groups (broad SMARTS) is 1. The number of rotatable bonds is 9. The highest BCUT2D eigenvalue weighted by molar-refractivity contribution is 5.91. The first-order chi connectivity index (χ1) is 15.5. The molecule has 4 N–H and O–H groups in total. The number of carbonyl (C=O) groups is 2. The van der Waals surface area contributed by atoms with Crippen LogP contribution in [-0.2, 0) is 17.8 Å². The minimum absolute atomic E-state index is 0.131. The molecule has 3 rings (SSSR count). The predicted octanol–water partition coefficient (Wildman–Crippen LogP) is 4.91. The molecule has 0 saturated heterocycles. The van der Waals surface area contributed by atoms with Crippen LogP contribution in [0.25, 0.3) is 11.1 Å². The molecule has 3 aromatic rings. The van der Waals surface area contributed by atoms with E-state index in [4.69, 9.17) is 4.74 Å². The van der Waals surface area contributed by atoms with Gasteiger partial charge in [0.1, 0.15) is 5.75 Å². The Bertz CT molecular complexity index is 1080. The molecular weight excluding hydrogens is 408 g/mol.